The molecule has 0 saturated carbocycles. The van der Waals surface area contributed by atoms with Crippen molar-refractivity contribution >= 4 is 40.7 Å². The molecule has 0 fully saturated rings. The first-order chi connectivity index (χ1) is 33.8. The van der Waals surface area contributed by atoms with Crippen LogP contribution in [0, 0.1) is 62.3 Å². The normalized spacial score (nSPS) is 20.9. The van der Waals surface area contributed by atoms with Crippen molar-refractivity contribution in [2.45, 2.75) is 87.0 Å². The van der Waals surface area contributed by atoms with Crippen LogP contribution in [0.15, 0.2) is 115 Å². The number of benzene rings is 7. The molecule has 11 rings (SSSR count). The summed E-state index contributed by atoms with van der Waals surface area (Å²) in [7, 11) is -4.70. The van der Waals surface area contributed by atoms with Crippen LogP contribution in [-0.4, -0.2) is 33.0 Å². The molecule has 0 spiro atoms. The van der Waals surface area contributed by atoms with Crippen LogP contribution in [0.5, 0.6) is 23.0 Å². The van der Waals surface area contributed by atoms with Crippen molar-refractivity contribution in [3.05, 3.63) is 221 Å². The van der Waals surface area contributed by atoms with E-state index in [1.807, 2.05) is 27.7 Å². The van der Waals surface area contributed by atoms with Gasteiger partial charge in [-0.1, -0.05) is 113 Å². The van der Waals surface area contributed by atoms with Crippen molar-refractivity contribution in [2.75, 3.05) is 0 Å². The number of aryl methyl sites for hydroxylation is 8. The summed E-state index contributed by atoms with van der Waals surface area (Å²) < 4.78 is 30.5. The number of rotatable bonds is 4. The van der Waals surface area contributed by atoms with Crippen LogP contribution in [0.2, 0.25) is 0 Å². The predicted molar refractivity (Wildman–Crippen MR) is 276 cm³/mol. The highest BCUT2D eigenvalue weighted by molar-refractivity contribution is 7.47. The molecule has 71 heavy (non-hydrogen) atoms. The monoisotopic (exact) mass is 978 g/mol. The number of carbonyl (C=O) groups is 4. The summed E-state index contributed by atoms with van der Waals surface area (Å²) >= 11 is 0. The standard InChI is InChI=1S/C59H52N2O8P2/c1-31-23-35(5)50-46(27-31)58(10,47-28-32(2)24-36(6)51(47)67-70(66-50)60-54(62)40-17-12-13-18-41(40)55(60)63)44-21-16-22-45(39(44)9)59(11)48-29-33(3)25-37(7)52(48)68-71(69-53-38(8)26-34(4)30-49(53)59)61-56(64)42-19-14-15-20-43(42)57(61)65/h12-30H,1-11H3. The Morgan fingerprint density at radius 1 is 0.352 bits per heavy atom. The molecule has 0 radical (unpaired) electrons. The number of fused-ring (bicyclic) bond motifs is 6. The quantitative estimate of drug-likeness (QED) is 0.127. The lowest BCUT2D eigenvalue weighted by Crippen LogP contribution is -2.35. The Morgan fingerprint density at radius 2 is 0.606 bits per heavy atom. The maximum absolute atomic E-state index is 14.2. The first-order valence-electron chi connectivity index (χ1n) is 23.7. The number of imide groups is 2. The van der Waals surface area contributed by atoms with Gasteiger partial charge in [0.2, 0.25) is 0 Å². The third-order valence-corrected chi connectivity index (χ3v) is 17.5. The molecule has 4 amide bonds. The predicted octanol–water partition coefficient (Wildman–Crippen LogP) is 13.8. The van der Waals surface area contributed by atoms with E-state index < -0.39 is 51.5 Å². The lowest BCUT2D eigenvalue weighted by Gasteiger charge is -2.43. The molecule has 4 heterocycles. The van der Waals surface area contributed by atoms with Crippen molar-refractivity contribution in [3.8, 4) is 23.0 Å². The van der Waals surface area contributed by atoms with Crippen LogP contribution in [0.25, 0.3) is 0 Å². The zero-order chi connectivity index (χ0) is 50.2. The summed E-state index contributed by atoms with van der Waals surface area (Å²) in [6, 6.07) is 36.9. The summed E-state index contributed by atoms with van der Waals surface area (Å²) in [6.45, 7) is 22.8. The van der Waals surface area contributed by atoms with E-state index >= 15 is 0 Å². The van der Waals surface area contributed by atoms with Gasteiger partial charge in [0.15, 0.2) is 0 Å². The van der Waals surface area contributed by atoms with Gasteiger partial charge in [-0.25, -0.2) is 0 Å². The average Bonchev–Trinajstić information content (AvgIpc) is 3.73. The van der Waals surface area contributed by atoms with Gasteiger partial charge in [-0.3, -0.25) is 19.2 Å². The second kappa shape index (κ2) is 16.5. The first-order valence-corrected chi connectivity index (χ1v) is 25.9. The molecule has 0 N–H and O–H groups in total. The van der Waals surface area contributed by atoms with E-state index in [-0.39, 0.29) is 0 Å². The molecule has 7 aromatic rings. The fourth-order valence-corrected chi connectivity index (χ4v) is 14.6. The molecule has 10 nitrogen and oxygen atoms in total. The minimum atomic E-state index is -2.35. The Kier molecular flexibility index (Phi) is 10.7. The minimum Gasteiger partial charge on any atom is -0.422 e. The summed E-state index contributed by atoms with van der Waals surface area (Å²) in [6.07, 6.45) is 0. The highest BCUT2D eigenvalue weighted by atomic mass is 31.2. The zero-order valence-corrected chi connectivity index (χ0v) is 43.3. The van der Waals surface area contributed by atoms with Crippen molar-refractivity contribution < 1.29 is 37.3 Å². The molecule has 12 heteroatoms. The fraction of sp³-hybridized carbons (Fsp3) is 0.220. The Morgan fingerprint density at radius 3 is 0.859 bits per heavy atom. The van der Waals surface area contributed by atoms with Crippen LogP contribution in [0.1, 0.15) is 139 Å². The molecule has 0 aliphatic carbocycles. The van der Waals surface area contributed by atoms with E-state index in [2.05, 4.69) is 115 Å². The minimum absolute atomic E-state index is 0.311. The van der Waals surface area contributed by atoms with Gasteiger partial charge in [-0.2, -0.15) is 9.34 Å². The lowest BCUT2D eigenvalue weighted by molar-refractivity contribution is 0.0732. The van der Waals surface area contributed by atoms with Crippen LogP contribution in [0.4, 0.5) is 0 Å². The number of hydrogen-bond donors (Lipinski definition) is 0. The van der Waals surface area contributed by atoms with Crippen molar-refractivity contribution in [1.29, 1.82) is 0 Å². The lowest BCUT2D eigenvalue weighted by atomic mass is 9.63. The van der Waals surface area contributed by atoms with Gasteiger partial charge in [-0.05, 0) is 139 Å². The molecule has 0 aromatic heterocycles. The average molecular weight is 979 g/mol. The number of nitrogens with zero attached hydrogens (tertiary/aromatic N) is 2. The number of carbonyl (C=O) groups excluding carboxylic acids is 4. The van der Waals surface area contributed by atoms with Crippen LogP contribution >= 0.6 is 17.1 Å². The summed E-state index contributed by atoms with van der Waals surface area (Å²) in [4.78, 5) is 56.8. The van der Waals surface area contributed by atoms with E-state index in [4.69, 9.17) is 18.1 Å². The maximum Gasteiger partial charge on any atom is 0.427 e. The smallest absolute Gasteiger partial charge is 0.422 e. The Bertz CT molecular complexity index is 3130. The van der Waals surface area contributed by atoms with Gasteiger partial charge in [-0.15, -0.1) is 0 Å². The molecular weight excluding hydrogens is 927 g/mol. The van der Waals surface area contributed by atoms with E-state index in [1.54, 1.807) is 48.5 Å². The molecule has 0 unspecified atom stereocenters. The summed E-state index contributed by atoms with van der Waals surface area (Å²) in [5.41, 5.74) is 13.0. The summed E-state index contributed by atoms with van der Waals surface area (Å²) in [5, 5.41) is 0. The topological polar surface area (TPSA) is 112 Å². The molecular formula is C59H52N2O8P2. The SMILES string of the molecule is Cc1cc(C)c2c(c1)C(C)(c1cccc(C3(C)c4cc(C)cc(C)c4OP(N4C(=O)c5ccccc5C4=O)Oc4c(C)cc(C)cc43)c1C)c1cc(C)cc(C)c1OP(N1C(=O)c3ccccc3C1=O)O2. The summed E-state index contributed by atoms with van der Waals surface area (Å²) in [5.74, 6) is 0.272. The second-order valence-corrected chi connectivity index (χ2v) is 22.3. The van der Waals surface area contributed by atoms with Gasteiger partial charge in [0, 0.05) is 33.1 Å². The second-order valence-electron chi connectivity index (χ2n) is 19.8. The molecule has 356 valence electrons. The van der Waals surface area contributed by atoms with Gasteiger partial charge in [0.05, 0.1) is 22.3 Å². The maximum atomic E-state index is 14.2. The third kappa shape index (κ3) is 6.82. The van der Waals surface area contributed by atoms with Gasteiger partial charge in [0.1, 0.15) is 23.0 Å². The van der Waals surface area contributed by atoms with Crippen LogP contribution in [0.3, 0.4) is 0 Å². The van der Waals surface area contributed by atoms with Crippen LogP contribution < -0.4 is 18.1 Å². The Hall–Kier alpha value is -7.12. The van der Waals surface area contributed by atoms with Crippen molar-refractivity contribution in [2.24, 2.45) is 0 Å². The van der Waals surface area contributed by atoms with E-state index in [9.17, 15) is 19.2 Å². The largest absolute Gasteiger partial charge is 0.427 e. The molecule has 7 aromatic carbocycles. The van der Waals surface area contributed by atoms with Gasteiger partial charge < -0.3 is 18.1 Å². The fourth-order valence-electron chi connectivity index (χ4n) is 11.5. The van der Waals surface area contributed by atoms with E-state index in [0.29, 0.717) is 45.3 Å². The molecule has 4 aliphatic rings. The highest BCUT2D eigenvalue weighted by Gasteiger charge is 2.52. The number of hydrogen-bond acceptors (Lipinski definition) is 8. The number of amides is 4. The van der Waals surface area contributed by atoms with Gasteiger partial charge >= 0.3 is 17.1 Å². The van der Waals surface area contributed by atoms with Crippen molar-refractivity contribution in [1.82, 2.24) is 9.34 Å². The van der Waals surface area contributed by atoms with Crippen molar-refractivity contribution in [3.63, 3.8) is 0 Å². The molecule has 0 bridgehead atoms. The molecule has 0 atom stereocenters. The third-order valence-electron chi connectivity index (χ3n) is 14.8. The first kappa shape index (κ1) is 46.3. The highest BCUT2D eigenvalue weighted by Crippen LogP contribution is 2.62. The molecule has 4 aliphatic heterocycles. The van der Waals surface area contributed by atoms with Gasteiger partial charge in [0.25, 0.3) is 23.6 Å². The van der Waals surface area contributed by atoms with Crippen LogP contribution in [-0.2, 0) is 10.8 Å². The van der Waals surface area contributed by atoms with E-state index in [0.717, 1.165) is 92.8 Å². The zero-order valence-electron chi connectivity index (χ0n) is 41.5. The Labute approximate surface area is 416 Å². The molecule has 0 saturated heterocycles. The Balaban J connectivity index is 1.15. The van der Waals surface area contributed by atoms with E-state index in [1.165, 1.54) is 0 Å².